The van der Waals surface area contributed by atoms with Gasteiger partial charge in [-0.3, -0.25) is 9.79 Å². The summed E-state index contributed by atoms with van der Waals surface area (Å²) in [7, 11) is 0. The first-order chi connectivity index (χ1) is 8.75. The molecule has 2 rings (SSSR count). The van der Waals surface area contributed by atoms with E-state index in [2.05, 4.69) is 22.4 Å². The number of nitrogens with two attached hydrogens (primary N) is 1. The Morgan fingerprint density at radius 2 is 2.22 bits per heavy atom. The Hall–Kier alpha value is -1.49. The maximum absolute atomic E-state index is 10.6. The van der Waals surface area contributed by atoms with Crippen LogP contribution in [0.2, 0.25) is 0 Å². The predicted molar refractivity (Wildman–Crippen MR) is 75.5 cm³/mol. The fourth-order valence-corrected chi connectivity index (χ4v) is 2.82. The predicted octanol–water partition coefficient (Wildman–Crippen LogP) is 1.69. The number of aliphatic imine (C=N–C) groups is 1. The summed E-state index contributed by atoms with van der Waals surface area (Å²) in [5.74, 6) is -0.250. The molecule has 0 bridgehead atoms. The summed E-state index contributed by atoms with van der Waals surface area (Å²) in [6, 6.07) is 10.4. The number of hydrogen-bond donors (Lipinski definition) is 2. The van der Waals surface area contributed by atoms with Crippen LogP contribution in [0.3, 0.4) is 0 Å². The molecule has 1 aromatic rings. The van der Waals surface area contributed by atoms with E-state index in [0.29, 0.717) is 11.7 Å². The van der Waals surface area contributed by atoms with Gasteiger partial charge in [-0.15, -0.1) is 0 Å². The lowest BCUT2D eigenvalue weighted by atomic mass is 10.1. The first-order valence-corrected chi connectivity index (χ1v) is 6.92. The summed E-state index contributed by atoms with van der Waals surface area (Å²) in [6.45, 7) is 1.56. The second-order valence-corrected chi connectivity index (χ2v) is 5.35. The third-order valence-corrected chi connectivity index (χ3v) is 3.90. The van der Waals surface area contributed by atoms with Crippen molar-refractivity contribution in [2.45, 2.75) is 18.1 Å². The Bertz CT molecular complexity index is 433. The van der Waals surface area contributed by atoms with Crippen molar-refractivity contribution in [1.29, 1.82) is 0 Å². The molecule has 4 nitrogen and oxygen atoms in total. The molecule has 5 heteroatoms. The van der Waals surface area contributed by atoms with Crippen LogP contribution < -0.4 is 11.1 Å². The number of nitrogens with one attached hydrogen (secondary N) is 1. The summed E-state index contributed by atoms with van der Waals surface area (Å²) in [4.78, 5) is 15.1. The van der Waals surface area contributed by atoms with Crippen LogP contribution in [0.4, 0.5) is 0 Å². The zero-order chi connectivity index (χ0) is 12.8. The lowest BCUT2D eigenvalue weighted by Crippen LogP contribution is -2.22. The molecule has 0 radical (unpaired) electrons. The smallest absolute Gasteiger partial charge is 0.217 e. The van der Waals surface area contributed by atoms with Crippen LogP contribution in [0.25, 0.3) is 0 Å². The van der Waals surface area contributed by atoms with Crippen molar-refractivity contribution in [2.75, 3.05) is 13.1 Å². The third-order valence-electron chi connectivity index (χ3n) is 2.70. The normalized spacial score (nSPS) is 18.4. The van der Waals surface area contributed by atoms with E-state index >= 15 is 0 Å². The Kier molecular flexibility index (Phi) is 4.64. The van der Waals surface area contributed by atoms with E-state index in [1.165, 1.54) is 5.56 Å². The average Bonchev–Trinajstić information content (AvgIpc) is 2.84. The van der Waals surface area contributed by atoms with Crippen molar-refractivity contribution in [3.8, 4) is 0 Å². The number of amides is 1. The van der Waals surface area contributed by atoms with E-state index in [1.807, 2.05) is 18.2 Å². The SMILES string of the molecule is NC(=O)CCCNC1=NCC(c2ccccc2)S1. The molecule has 1 aliphatic rings. The summed E-state index contributed by atoms with van der Waals surface area (Å²) < 4.78 is 0. The van der Waals surface area contributed by atoms with Crippen LogP contribution in [0, 0.1) is 0 Å². The van der Waals surface area contributed by atoms with Gasteiger partial charge in [0.25, 0.3) is 0 Å². The molecule has 1 heterocycles. The second kappa shape index (κ2) is 6.44. The van der Waals surface area contributed by atoms with Crippen molar-refractivity contribution in [2.24, 2.45) is 10.7 Å². The van der Waals surface area contributed by atoms with Gasteiger partial charge in [-0.2, -0.15) is 0 Å². The lowest BCUT2D eigenvalue weighted by Gasteiger charge is -2.09. The van der Waals surface area contributed by atoms with Crippen LogP contribution in [-0.4, -0.2) is 24.2 Å². The van der Waals surface area contributed by atoms with Crippen molar-refractivity contribution < 1.29 is 4.79 Å². The quantitative estimate of drug-likeness (QED) is 0.794. The highest BCUT2D eigenvalue weighted by Crippen LogP contribution is 2.33. The standard InChI is InChI=1S/C13H17N3OS/c14-12(17)7-4-8-15-13-16-9-11(18-13)10-5-2-1-3-6-10/h1-3,5-6,11H,4,7-9H2,(H2,14,17)(H,15,16). The van der Waals surface area contributed by atoms with Gasteiger partial charge in [-0.1, -0.05) is 42.1 Å². The second-order valence-electron chi connectivity index (χ2n) is 4.16. The first-order valence-electron chi connectivity index (χ1n) is 6.04. The van der Waals surface area contributed by atoms with E-state index in [0.717, 1.165) is 24.7 Å². The Labute approximate surface area is 111 Å². The van der Waals surface area contributed by atoms with Gasteiger partial charge in [0.05, 0.1) is 11.8 Å². The van der Waals surface area contributed by atoms with Crippen LogP contribution >= 0.6 is 11.8 Å². The molecule has 1 atom stereocenters. The minimum absolute atomic E-state index is 0.250. The van der Waals surface area contributed by atoms with Gasteiger partial charge in [0, 0.05) is 13.0 Å². The summed E-state index contributed by atoms with van der Waals surface area (Å²) >= 11 is 1.75. The zero-order valence-corrected chi connectivity index (χ0v) is 11.0. The molecule has 0 aliphatic carbocycles. The molecule has 0 spiro atoms. The van der Waals surface area contributed by atoms with Gasteiger partial charge < -0.3 is 11.1 Å². The number of carbonyl (C=O) groups is 1. The molecular formula is C13H17N3OS. The van der Waals surface area contributed by atoms with Gasteiger partial charge in [-0.05, 0) is 12.0 Å². The van der Waals surface area contributed by atoms with Crippen LogP contribution in [0.1, 0.15) is 23.7 Å². The fourth-order valence-electron chi connectivity index (χ4n) is 1.77. The molecule has 0 fully saturated rings. The van der Waals surface area contributed by atoms with Crippen LogP contribution in [-0.2, 0) is 4.79 Å². The van der Waals surface area contributed by atoms with Gasteiger partial charge >= 0.3 is 0 Å². The molecule has 96 valence electrons. The maximum atomic E-state index is 10.6. The third kappa shape index (κ3) is 3.77. The minimum Gasteiger partial charge on any atom is -0.370 e. The Morgan fingerprint density at radius 3 is 2.94 bits per heavy atom. The van der Waals surface area contributed by atoms with Crippen molar-refractivity contribution in [1.82, 2.24) is 5.32 Å². The largest absolute Gasteiger partial charge is 0.370 e. The highest BCUT2D eigenvalue weighted by Gasteiger charge is 2.20. The van der Waals surface area contributed by atoms with Gasteiger partial charge in [0.15, 0.2) is 5.17 Å². The number of hydrogen-bond acceptors (Lipinski definition) is 4. The maximum Gasteiger partial charge on any atom is 0.217 e. The molecule has 1 aliphatic heterocycles. The van der Waals surface area contributed by atoms with E-state index in [-0.39, 0.29) is 5.91 Å². The zero-order valence-electron chi connectivity index (χ0n) is 10.1. The summed E-state index contributed by atoms with van der Waals surface area (Å²) in [5.41, 5.74) is 6.39. The number of nitrogens with zero attached hydrogens (tertiary/aromatic N) is 1. The summed E-state index contributed by atoms with van der Waals surface area (Å²) in [6.07, 6.45) is 1.18. The Morgan fingerprint density at radius 1 is 1.44 bits per heavy atom. The molecule has 1 aromatic carbocycles. The molecule has 0 saturated carbocycles. The molecule has 1 amide bonds. The molecule has 1 unspecified atom stereocenters. The van der Waals surface area contributed by atoms with Gasteiger partial charge in [0.1, 0.15) is 0 Å². The number of rotatable bonds is 5. The minimum atomic E-state index is -0.250. The van der Waals surface area contributed by atoms with Gasteiger partial charge in [-0.25, -0.2) is 0 Å². The van der Waals surface area contributed by atoms with E-state index < -0.39 is 0 Å². The summed E-state index contributed by atoms with van der Waals surface area (Å²) in [5, 5.41) is 4.62. The molecular weight excluding hydrogens is 246 g/mol. The lowest BCUT2D eigenvalue weighted by molar-refractivity contribution is -0.118. The van der Waals surface area contributed by atoms with E-state index in [9.17, 15) is 4.79 Å². The highest BCUT2D eigenvalue weighted by molar-refractivity contribution is 8.14. The number of primary amides is 1. The van der Waals surface area contributed by atoms with Crippen molar-refractivity contribution >= 4 is 22.8 Å². The van der Waals surface area contributed by atoms with Crippen LogP contribution in [0.5, 0.6) is 0 Å². The monoisotopic (exact) mass is 263 g/mol. The molecule has 3 N–H and O–H groups in total. The first kappa shape index (κ1) is 13.0. The van der Waals surface area contributed by atoms with E-state index in [4.69, 9.17) is 5.73 Å². The highest BCUT2D eigenvalue weighted by atomic mass is 32.2. The topological polar surface area (TPSA) is 67.5 Å². The molecule has 0 saturated heterocycles. The average molecular weight is 263 g/mol. The fraction of sp³-hybridized carbons (Fsp3) is 0.385. The number of thioether (sulfide) groups is 1. The van der Waals surface area contributed by atoms with E-state index in [1.54, 1.807) is 11.8 Å². The molecule has 18 heavy (non-hydrogen) atoms. The van der Waals surface area contributed by atoms with Crippen molar-refractivity contribution in [3.05, 3.63) is 35.9 Å². The van der Waals surface area contributed by atoms with Crippen LogP contribution in [0.15, 0.2) is 35.3 Å². The number of amidine groups is 1. The number of benzene rings is 1. The Balaban J connectivity index is 1.73. The van der Waals surface area contributed by atoms with Crippen molar-refractivity contribution in [3.63, 3.8) is 0 Å². The molecule has 0 aromatic heterocycles. The van der Waals surface area contributed by atoms with Gasteiger partial charge in [0.2, 0.25) is 5.91 Å². The number of carbonyl (C=O) groups excluding carboxylic acids is 1.